The molecule has 0 aromatic carbocycles. The van der Waals surface area contributed by atoms with Crippen LogP contribution in [0.15, 0.2) is 0 Å². The number of rotatable bonds is 5. The van der Waals surface area contributed by atoms with Crippen LogP contribution in [0.25, 0.3) is 0 Å². The molecule has 15 heavy (non-hydrogen) atoms. The van der Waals surface area contributed by atoms with Crippen molar-refractivity contribution in [1.82, 2.24) is 0 Å². The molecule has 0 heterocycles. The Morgan fingerprint density at radius 2 is 1.40 bits per heavy atom. The maximum absolute atomic E-state index is 10.7. The van der Waals surface area contributed by atoms with Gasteiger partial charge >= 0.3 is 52.9 Å². The molecule has 0 amide bonds. The summed E-state index contributed by atoms with van der Waals surface area (Å²) in [5.41, 5.74) is 5.01. The molecule has 0 saturated heterocycles. The topological polar surface area (TPSA) is 161 Å². The number of nitrogens with two attached hydrogens (primary N) is 1. The van der Waals surface area contributed by atoms with E-state index in [2.05, 4.69) is 0 Å². The van der Waals surface area contributed by atoms with E-state index in [1.807, 2.05) is 0 Å². The third-order valence-electron chi connectivity index (χ3n) is 1.65. The third kappa shape index (κ3) is 4.69. The Bertz CT molecular complexity index is 263. The van der Waals surface area contributed by atoms with Gasteiger partial charge in [0.25, 0.3) is 5.08 Å². The van der Waals surface area contributed by atoms with Crippen LogP contribution in [0.5, 0.6) is 0 Å². The van der Waals surface area contributed by atoms with Crippen LogP contribution in [0.2, 0.25) is 0 Å². The molecule has 8 nitrogen and oxygen atoms in total. The molecule has 0 aromatic rings. The van der Waals surface area contributed by atoms with Crippen molar-refractivity contribution in [3.05, 3.63) is 0 Å². The molecule has 11 heteroatoms. The summed E-state index contributed by atoms with van der Waals surface area (Å²) < 4.78 is 21.4. The van der Waals surface area contributed by atoms with Gasteiger partial charge in [-0.2, -0.15) is 0 Å². The molecular weight excluding hydrogens is 276 g/mol. The summed E-state index contributed by atoms with van der Waals surface area (Å²) >= 11 is 0. The standard InChI is InChI=1S/C4H13NO7P2.Ca.2H/c5-3-1-2-4(6,13(7,8)9)14(10,11)12;;;/h6H,1-3,5H2,(H2,7,8,9)(H2,10,11,12);;;. The van der Waals surface area contributed by atoms with Gasteiger partial charge in [-0.25, -0.2) is 0 Å². The quantitative estimate of drug-likeness (QED) is 0.246. The molecule has 0 radical (unpaired) electrons. The van der Waals surface area contributed by atoms with E-state index in [-0.39, 0.29) is 50.7 Å². The van der Waals surface area contributed by atoms with Crippen LogP contribution < -0.4 is 5.73 Å². The van der Waals surface area contributed by atoms with Crippen molar-refractivity contribution in [3.8, 4) is 0 Å². The van der Waals surface area contributed by atoms with E-state index in [0.717, 1.165) is 0 Å². The monoisotopic (exact) mass is 291 g/mol. The molecule has 0 rings (SSSR count). The van der Waals surface area contributed by atoms with E-state index < -0.39 is 26.7 Å². The molecule has 7 N–H and O–H groups in total. The predicted molar refractivity (Wildman–Crippen MR) is 55.9 cm³/mol. The zero-order valence-corrected chi connectivity index (χ0v) is 8.93. The average Bonchev–Trinajstić information content (AvgIpc) is 1.95. The maximum atomic E-state index is 10.7. The van der Waals surface area contributed by atoms with E-state index in [4.69, 9.17) is 25.3 Å². The van der Waals surface area contributed by atoms with E-state index in [0.29, 0.717) is 0 Å². The van der Waals surface area contributed by atoms with E-state index in [1.54, 1.807) is 0 Å². The first-order valence-corrected chi connectivity index (χ1v) is 6.82. The summed E-state index contributed by atoms with van der Waals surface area (Å²) in [4.78, 5) is 34.5. The van der Waals surface area contributed by atoms with Gasteiger partial charge < -0.3 is 30.4 Å². The van der Waals surface area contributed by atoms with Crippen molar-refractivity contribution < 1.29 is 33.8 Å². The molecule has 0 saturated carbocycles. The molecule has 0 aliphatic carbocycles. The molecule has 0 spiro atoms. The molecule has 0 unspecified atom stereocenters. The average molecular weight is 291 g/mol. The Morgan fingerprint density at radius 3 is 1.60 bits per heavy atom. The Hall–Kier alpha value is 1.48. The Balaban J connectivity index is 0. The van der Waals surface area contributed by atoms with E-state index >= 15 is 0 Å². The van der Waals surface area contributed by atoms with Crippen LogP contribution in [0, 0.1) is 0 Å². The van der Waals surface area contributed by atoms with Crippen LogP contribution in [0.1, 0.15) is 12.8 Å². The number of aliphatic hydroxyl groups is 1. The van der Waals surface area contributed by atoms with Crippen molar-refractivity contribution in [2.45, 2.75) is 17.9 Å². The van der Waals surface area contributed by atoms with Crippen LogP contribution in [0.4, 0.5) is 0 Å². The molecule has 0 fully saturated rings. The van der Waals surface area contributed by atoms with Crippen LogP contribution in [-0.4, -0.2) is 74.0 Å². The third-order valence-corrected chi connectivity index (χ3v) is 5.53. The van der Waals surface area contributed by atoms with Crippen molar-refractivity contribution >= 4 is 52.9 Å². The van der Waals surface area contributed by atoms with Crippen LogP contribution in [0.3, 0.4) is 0 Å². The van der Waals surface area contributed by atoms with Gasteiger partial charge in [-0.1, -0.05) is 0 Å². The Morgan fingerprint density at radius 1 is 1.07 bits per heavy atom. The molecule has 90 valence electrons. The zero-order chi connectivity index (χ0) is 11.6. The summed E-state index contributed by atoms with van der Waals surface area (Å²) in [6.45, 7) is -0.0394. The summed E-state index contributed by atoms with van der Waals surface area (Å²) in [5, 5.41) is 5.91. The van der Waals surface area contributed by atoms with E-state index in [9.17, 15) is 14.2 Å². The number of hydrogen-bond donors (Lipinski definition) is 6. The molecule has 0 atom stereocenters. The zero-order valence-electron chi connectivity index (χ0n) is 7.15. The molecule has 0 aliphatic rings. The van der Waals surface area contributed by atoms with Gasteiger partial charge in [0, 0.05) is 6.42 Å². The summed E-state index contributed by atoms with van der Waals surface area (Å²) in [6.07, 6.45) is -0.856. The fourth-order valence-corrected chi connectivity index (χ4v) is 3.06. The van der Waals surface area contributed by atoms with Gasteiger partial charge in [-0.3, -0.25) is 9.13 Å². The van der Waals surface area contributed by atoms with E-state index in [1.165, 1.54) is 0 Å². The molecular formula is C4H15CaNO7P2. The van der Waals surface area contributed by atoms with Crippen LogP contribution >= 0.6 is 15.2 Å². The first-order valence-electron chi connectivity index (χ1n) is 3.60. The van der Waals surface area contributed by atoms with Gasteiger partial charge in [0.2, 0.25) is 0 Å². The van der Waals surface area contributed by atoms with Crippen molar-refractivity contribution in [1.29, 1.82) is 0 Å². The van der Waals surface area contributed by atoms with Crippen LogP contribution in [-0.2, 0) is 9.13 Å². The van der Waals surface area contributed by atoms with Gasteiger partial charge in [0.05, 0.1) is 0 Å². The second-order valence-corrected chi connectivity index (χ2v) is 6.76. The Labute approximate surface area is 116 Å². The molecule has 0 bridgehead atoms. The Kier molecular flexibility index (Phi) is 8.06. The van der Waals surface area contributed by atoms with Crippen molar-refractivity contribution in [2.75, 3.05) is 6.54 Å². The minimum atomic E-state index is -5.30. The van der Waals surface area contributed by atoms with Gasteiger partial charge in [0.1, 0.15) is 0 Å². The molecule has 0 aliphatic heterocycles. The number of hydrogen-bond acceptors (Lipinski definition) is 4. The van der Waals surface area contributed by atoms with Gasteiger partial charge in [-0.05, 0) is 13.0 Å². The normalized spacial score (nSPS) is 13.5. The fourth-order valence-electron chi connectivity index (χ4n) is 0.800. The first-order chi connectivity index (χ1) is 6.06. The fraction of sp³-hybridized carbons (Fsp3) is 1.00. The minimum absolute atomic E-state index is 0. The summed E-state index contributed by atoms with van der Waals surface area (Å²) in [6, 6.07) is 0. The molecule has 0 aromatic heterocycles. The van der Waals surface area contributed by atoms with Crippen molar-refractivity contribution in [3.63, 3.8) is 0 Å². The first kappa shape index (κ1) is 18.8. The second-order valence-electron chi connectivity index (χ2n) is 2.75. The second kappa shape index (κ2) is 6.42. The van der Waals surface area contributed by atoms with Gasteiger partial charge in [-0.15, -0.1) is 0 Å². The summed E-state index contributed by atoms with van der Waals surface area (Å²) in [5.74, 6) is 0. The predicted octanol–water partition coefficient (Wildman–Crippen LogP) is -2.19. The van der Waals surface area contributed by atoms with Gasteiger partial charge in [0.15, 0.2) is 0 Å². The van der Waals surface area contributed by atoms with Crippen molar-refractivity contribution in [2.24, 2.45) is 5.73 Å². The SMILES string of the molecule is NCCCC(O)(P(=O)(O)O)P(=O)(O)O.[CaH2]. The summed E-state index contributed by atoms with van der Waals surface area (Å²) in [7, 11) is -10.6.